The van der Waals surface area contributed by atoms with Crippen LogP contribution in [0.5, 0.6) is 11.5 Å². The van der Waals surface area contributed by atoms with Gasteiger partial charge in [0.2, 0.25) is 5.91 Å². The van der Waals surface area contributed by atoms with E-state index in [0.717, 1.165) is 23.5 Å². The molecular weight excluding hydrogens is 306 g/mol. The van der Waals surface area contributed by atoms with Gasteiger partial charge in [0.25, 0.3) is 0 Å². The first kappa shape index (κ1) is 17.6. The lowest BCUT2D eigenvalue weighted by Gasteiger charge is -2.08. The Kier molecular flexibility index (Phi) is 5.63. The average Bonchev–Trinajstić information content (AvgIpc) is 2.86. The zero-order chi connectivity index (χ0) is 17.7. The summed E-state index contributed by atoms with van der Waals surface area (Å²) in [5.41, 5.74) is 3.53. The van der Waals surface area contributed by atoms with Crippen molar-refractivity contribution in [1.82, 2.24) is 9.78 Å². The molecule has 128 valence electrons. The van der Waals surface area contributed by atoms with Crippen LogP contribution in [0.2, 0.25) is 0 Å². The number of methoxy groups -OCH3 is 2. The Labute approximate surface area is 142 Å². The van der Waals surface area contributed by atoms with Gasteiger partial charge in [-0.15, -0.1) is 0 Å². The van der Waals surface area contributed by atoms with E-state index in [1.807, 2.05) is 25.5 Å². The van der Waals surface area contributed by atoms with Gasteiger partial charge in [0.05, 0.1) is 19.9 Å². The topological polar surface area (TPSA) is 65.4 Å². The van der Waals surface area contributed by atoms with Gasteiger partial charge in [0, 0.05) is 47.8 Å². The van der Waals surface area contributed by atoms with Crippen molar-refractivity contribution in [2.45, 2.75) is 27.3 Å². The molecule has 1 N–H and O–H groups in total. The van der Waals surface area contributed by atoms with E-state index in [-0.39, 0.29) is 5.91 Å². The van der Waals surface area contributed by atoms with Gasteiger partial charge in [-0.1, -0.05) is 0 Å². The smallest absolute Gasteiger partial charge is 0.248 e. The zero-order valence-electron chi connectivity index (χ0n) is 14.7. The highest BCUT2D eigenvalue weighted by molar-refractivity contribution is 6.02. The Morgan fingerprint density at radius 2 is 1.83 bits per heavy atom. The number of nitrogens with zero attached hydrogens (tertiary/aromatic N) is 2. The summed E-state index contributed by atoms with van der Waals surface area (Å²) in [5.74, 6) is 1.00. The molecule has 0 atom stereocenters. The van der Waals surface area contributed by atoms with E-state index in [1.54, 1.807) is 38.5 Å². The molecule has 1 heterocycles. The fraction of sp³-hybridized carbons (Fsp3) is 0.333. The van der Waals surface area contributed by atoms with Gasteiger partial charge in [-0.2, -0.15) is 5.10 Å². The van der Waals surface area contributed by atoms with Gasteiger partial charge < -0.3 is 14.8 Å². The highest BCUT2D eigenvalue weighted by atomic mass is 16.5. The standard InChI is InChI=1S/C18H23N3O3/c1-6-21-13(3)17(12(2)20-21)7-8-18(22)19-14-9-15(23-4)11-16(10-14)24-5/h7-11H,6H2,1-5H3,(H,19,22)/b8-7+. The first-order valence-electron chi connectivity index (χ1n) is 7.74. The summed E-state index contributed by atoms with van der Waals surface area (Å²) < 4.78 is 12.3. The van der Waals surface area contributed by atoms with Crippen LogP contribution < -0.4 is 14.8 Å². The van der Waals surface area contributed by atoms with Gasteiger partial charge >= 0.3 is 0 Å². The maximum atomic E-state index is 12.2. The van der Waals surface area contributed by atoms with Gasteiger partial charge in [-0.05, 0) is 26.8 Å². The number of hydrogen-bond donors (Lipinski definition) is 1. The number of hydrogen-bond acceptors (Lipinski definition) is 4. The fourth-order valence-electron chi connectivity index (χ4n) is 2.48. The van der Waals surface area contributed by atoms with Crippen molar-refractivity contribution in [3.05, 3.63) is 41.2 Å². The highest BCUT2D eigenvalue weighted by Crippen LogP contribution is 2.25. The molecule has 1 amide bonds. The number of aromatic nitrogens is 2. The molecule has 0 fully saturated rings. The Hall–Kier alpha value is -2.76. The summed E-state index contributed by atoms with van der Waals surface area (Å²) in [4.78, 5) is 12.2. The van der Waals surface area contributed by atoms with Gasteiger partial charge in [-0.25, -0.2) is 0 Å². The molecule has 0 aliphatic rings. The molecule has 2 aromatic rings. The van der Waals surface area contributed by atoms with Crippen LogP contribution in [0.3, 0.4) is 0 Å². The summed E-state index contributed by atoms with van der Waals surface area (Å²) in [7, 11) is 3.13. The van der Waals surface area contributed by atoms with E-state index in [1.165, 1.54) is 6.08 Å². The Balaban J connectivity index is 2.15. The van der Waals surface area contributed by atoms with Crippen molar-refractivity contribution < 1.29 is 14.3 Å². The van der Waals surface area contributed by atoms with Crippen LogP contribution in [0.15, 0.2) is 24.3 Å². The number of ether oxygens (including phenoxy) is 2. The number of carbonyl (C=O) groups excluding carboxylic acids is 1. The second-order valence-electron chi connectivity index (χ2n) is 5.32. The van der Waals surface area contributed by atoms with Crippen LogP contribution in [0.25, 0.3) is 6.08 Å². The van der Waals surface area contributed by atoms with E-state index in [9.17, 15) is 4.79 Å². The number of rotatable bonds is 6. The lowest BCUT2D eigenvalue weighted by atomic mass is 10.2. The minimum absolute atomic E-state index is 0.228. The van der Waals surface area contributed by atoms with Crippen molar-refractivity contribution in [3.8, 4) is 11.5 Å². The van der Waals surface area contributed by atoms with Crippen molar-refractivity contribution >= 4 is 17.7 Å². The van der Waals surface area contributed by atoms with Crippen LogP contribution in [0.1, 0.15) is 23.9 Å². The molecule has 1 aromatic carbocycles. The highest BCUT2D eigenvalue weighted by Gasteiger charge is 2.08. The lowest BCUT2D eigenvalue weighted by molar-refractivity contribution is -0.111. The van der Waals surface area contributed by atoms with Crippen LogP contribution >= 0.6 is 0 Å². The van der Waals surface area contributed by atoms with Crippen molar-refractivity contribution in [3.63, 3.8) is 0 Å². The summed E-state index contributed by atoms with van der Waals surface area (Å²) in [6.07, 6.45) is 3.29. The largest absolute Gasteiger partial charge is 0.497 e. The summed E-state index contributed by atoms with van der Waals surface area (Å²) >= 11 is 0. The van der Waals surface area contributed by atoms with Crippen LogP contribution in [0.4, 0.5) is 5.69 Å². The monoisotopic (exact) mass is 329 g/mol. The zero-order valence-corrected chi connectivity index (χ0v) is 14.7. The third-order valence-corrected chi connectivity index (χ3v) is 3.76. The molecule has 0 radical (unpaired) electrons. The molecule has 0 saturated heterocycles. The molecule has 6 nitrogen and oxygen atoms in total. The molecule has 0 spiro atoms. The van der Waals surface area contributed by atoms with E-state index < -0.39 is 0 Å². The van der Waals surface area contributed by atoms with Crippen molar-refractivity contribution in [2.24, 2.45) is 0 Å². The molecule has 0 aliphatic heterocycles. The Bertz CT molecular complexity index is 741. The third-order valence-electron chi connectivity index (χ3n) is 3.76. The van der Waals surface area contributed by atoms with Crippen LogP contribution in [-0.2, 0) is 11.3 Å². The van der Waals surface area contributed by atoms with Crippen molar-refractivity contribution in [1.29, 1.82) is 0 Å². The molecule has 6 heteroatoms. The van der Waals surface area contributed by atoms with Crippen molar-refractivity contribution in [2.75, 3.05) is 19.5 Å². The number of amides is 1. The molecule has 0 bridgehead atoms. The van der Waals surface area contributed by atoms with E-state index in [4.69, 9.17) is 9.47 Å². The van der Waals surface area contributed by atoms with Crippen LogP contribution in [0, 0.1) is 13.8 Å². The maximum absolute atomic E-state index is 12.2. The minimum Gasteiger partial charge on any atom is -0.497 e. The van der Waals surface area contributed by atoms with Gasteiger partial charge in [0.1, 0.15) is 11.5 Å². The fourth-order valence-corrected chi connectivity index (χ4v) is 2.48. The molecule has 0 saturated carbocycles. The van der Waals surface area contributed by atoms with Gasteiger partial charge in [0.15, 0.2) is 0 Å². The quantitative estimate of drug-likeness (QED) is 0.827. The maximum Gasteiger partial charge on any atom is 0.248 e. The number of carbonyl (C=O) groups is 1. The number of nitrogens with one attached hydrogen (secondary N) is 1. The summed E-state index contributed by atoms with van der Waals surface area (Å²) in [6, 6.07) is 5.22. The Morgan fingerprint density at radius 1 is 1.21 bits per heavy atom. The molecule has 0 unspecified atom stereocenters. The van der Waals surface area contributed by atoms with E-state index in [0.29, 0.717) is 17.2 Å². The number of anilines is 1. The predicted octanol–water partition coefficient (Wildman–Crippen LogP) is 3.19. The molecular formula is C18H23N3O3. The number of aryl methyl sites for hydroxylation is 2. The number of benzene rings is 1. The van der Waals surface area contributed by atoms with E-state index >= 15 is 0 Å². The third kappa shape index (κ3) is 3.95. The molecule has 2 rings (SSSR count). The summed E-state index contributed by atoms with van der Waals surface area (Å²) in [5, 5.41) is 7.24. The first-order chi connectivity index (χ1) is 11.5. The van der Waals surface area contributed by atoms with Crippen LogP contribution in [-0.4, -0.2) is 29.9 Å². The average molecular weight is 329 g/mol. The Morgan fingerprint density at radius 3 is 2.33 bits per heavy atom. The predicted molar refractivity (Wildman–Crippen MR) is 94.6 cm³/mol. The molecule has 24 heavy (non-hydrogen) atoms. The second kappa shape index (κ2) is 7.68. The van der Waals surface area contributed by atoms with Gasteiger partial charge in [-0.3, -0.25) is 9.48 Å². The normalized spacial score (nSPS) is 10.9. The SMILES string of the molecule is CCn1nc(C)c(/C=C/C(=O)Nc2cc(OC)cc(OC)c2)c1C. The minimum atomic E-state index is -0.228. The lowest BCUT2D eigenvalue weighted by Crippen LogP contribution is -2.08. The molecule has 1 aromatic heterocycles. The summed E-state index contributed by atoms with van der Waals surface area (Å²) in [6.45, 7) is 6.77. The first-order valence-corrected chi connectivity index (χ1v) is 7.74. The molecule has 0 aliphatic carbocycles. The second-order valence-corrected chi connectivity index (χ2v) is 5.32. The van der Waals surface area contributed by atoms with E-state index in [2.05, 4.69) is 10.4 Å².